The predicted octanol–water partition coefficient (Wildman–Crippen LogP) is 3.90. The standard InChI is InChI=1S/C14H14Cl2N2O/c15-10-5-6-13(16)12(9-10)14(19)18(8-7-17)11-3-1-2-4-11/h5-6,9,11H,1-4,8H2. The minimum absolute atomic E-state index is 0.0896. The average molecular weight is 297 g/mol. The van der Waals surface area contributed by atoms with Crippen molar-refractivity contribution in [1.29, 1.82) is 5.26 Å². The van der Waals surface area contributed by atoms with Gasteiger partial charge < -0.3 is 4.90 Å². The second-order valence-electron chi connectivity index (χ2n) is 4.65. The van der Waals surface area contributed by atoms with Gasteiger partial charge in [-0.25, -0.2) is 0 Å². The zero-order valence-corrected chi connectivity index (χ0v) is 11.9. The van der Waals surface area contributed by atoms with Gasteiger partial charge in [-0.3, -0.25) is 4.79 Å². The maximum absolute atomic E-state index is 12.5. The minimum atomic E-state index is -0.207. The van der Waals surface area contributed by atoms with Crippen molar-refractivity contribution < 1.29 is 4.79 Å². The van der Waals surface area contributed by atoms with Gasteiger partial charge in [-0.1, -0.05) is 36.0 Å². The predicted molar refractivity (Wildman–Crippen MR) is 75.4 cm³/mol. The molecule has 2 rings (SSSR count). The summed E-state index contributed by atoms with van der Waals surface area (Å²) in [4.78, 5) is 14.1. The third kappa shape index (κ3) is 3.20. The highest BCUT2D eigenvalue weighted by molar-refractivity contribution is 6.35. The average Bonchev–Trinajstić information content (AvgIpc) is 2.92. The fourth-order valence-corrected chi connectivity index (χ4v) is 2.85. The van der Waals surface area contributed by atoms with Crippen LogP contribution in [0.25, 0.3) is 0 Å². The Balaban J connectivity index is 2.28. The first-order valence-corrected chi connectivity index (χ1v) is 7.02. The zero-order valence-electron chi connectivity index (χ0n) is 10.4. The topological polar surface area (TPSA) is 44.1 Å². The second-order valence-corrected chi connectivity index (χ2v) is 5.50. The molecule has 3 nitrogen and oxygen atoms in total. The van der Waals surface area contributed by atoms with Gasteiger partial charge in [-0.2, -0.15) is 5.26 Å². The van der Waals surface area contributed by atoms with E-state index < -0.39 is 0 Å². The summed E-state index contributed by atoms with van der Waals surface area (Å²) in [6, 6.07) is 7.01. The molecule has 1 aliphatic carbocycles. The molecule has 1 saturated carbocycles. The maximum Gasteiger partial charge on any atom is 0.256 e. The van der Waals surface area contributed by atoms with Gasteiger partial charge in [0.05, 0.1) is 16.7 Å². The van der Waals surface area contributed by atoms with Crippen LogP contribution in [0.4, 0.5) is 0 Å². The molecule has 0 radical (unpaired) electrons. The molecular formula is C14H14Cl2N2O. The number of benzene rings is 1. The van der Waals surface area contributed by atoms with Crippen LogP contribution in [0.2, 0.25) is 10.0 Å². The summed E-state index contributed by atoms with van der Waals surface area (Å²) < 4.78 is 0. The summed E-state index contributed by atoms with van der Waals surface area (Å²) in [5.41, 5.74) is 0.372. The lowest BCUT2D eigenvalue weighted by Crippen LogP contribution is -2.39. The lowest BCUT2D eigenvalue weighted by Gasteiger charge is -2.26. The van der Waals surface area contributed by atoms with Gasteiger partial charge in [0.1, 0.15) is 6.54 Å². The van der Waals surface area contributed by atoms with Gasteiger partial charge in [-0.15, -0.1) is 0 Å². The van der Waals surface area contributed by atoms with Gasteiger partial charge >= 0.3 is 0 Å². The van der Waals surface area contributed by atoms with E-state index in [9.17, 15) is 4.79 Å². The molecule has 0 aliphatic heterocycles. The maximum atomic E-state index is 12.5. The fraction of sp³-hybridized carbons (Fsp3) is 0.429. The van der Waals surface area contributed by atoms with E-state index in [2.05, 4.69) is 6.07 Å². The molecule has 0 atom stereocenters. The molecular weight excluding hydrogens is 283 g/mol. The molecule has 0 spiro atoms. The number of nitrogens with zero attached hydrogens (tertiary/aromatic N) is 2. The van der Waals surface area contributed by atoms with E-state index in [1.807, 2.05) is 0 Å². The number of nitriles is 1. The molecule has 100 valence electrons. The van der Waals surface area contributed by atoms with Crippen LogP contribution in [-0.2, 0) is 0 Å². The molecule has 5 heteroatoms. The quantitative estimate of drug-likeness (QED) is 0.794. The number of hydrogen-bond donors (Lipinski definition) is 0. The SMILES string of the molecule is N#CCN(C(=O)c1cc(Cl)ccc1Cl)C1CCCC1. The van der Waals surface area contributed by atoms with Crippen LogP contribution in [0.3, 0.4) is 0 Å². The molecule has 1 aliphatic rings. The van der Waals surface area contributed by atoms with E-state index in [1.165, 1.54) is 0 Å². The summed E-state index contributed by atoms with van der Waals surface area (Å²) in [5.74, 6) is -0.207. The summed E-state index contributed by atoms with van der Waals surface area (Å²) in [5, 5.41) is 9.75. The highest BCUT2D eigenvalue weighted by atomic mass is 35.5. The van der Waals surface area contributed by atoms with Crippen LogP contribution in [0.15, 0.2) is 18.2 Å². The van der Waals surface area contributed by atoms with E-state index in [1.54, 1.807) is 23.1 Å². The summed E-state index contributed by atoms with van der Waals surface area (Å²) in [7, 11) is 0. The summed E-state index contributed by atoms with van der Waals surface area (Å²) >= 11 is 12.0. The third-order valence-corrected chi connectivity index (χ3v) is 3.99. The molecule has 1 amide bonds. The Kier molecular flexibility index (Phi) is 4.68. The van der Waals surface area contributed by atoms with Crippen molar-refractivity contribution in [2.45, 2.75) is 31.7 Å². The molecule has 0 heterocycles. The van der Waals surface area contributed by atoms with Crippen molar-refractivity contribution >= 4 is 29.1 Å². The van der Waals surface area contributed by atoms with Crippen molar-refractivity contribution in [3.8, 4) is 6.07 Å². The molecule has 0 saturated heterocycles. The van der Waals surface area contributed by atoms with Crippen molar-refractivity contribution in [1.82, 2.24) is 4.90 Å². The Bertz CT molecular complexity index is 519. The molecule has 0 bridgehead atoms. The number of hydrogen-bond acceptors (Lipinski definition) is 2. The molecule has 0 unspecified atom stereocenters. The molecule has 0 N–H and O–H groups in total. The molecule has 1 aromatic carbocycles. The Morgan fingerprint density at radius 1 is 1.37 bits per heavy atom. The van der Waals surface area contributed by atoms with E-state index in [4.69, 9.17) is 28.5 Å². The van der Waals surface area contributed by atoms with Gasteiger partial charge in [0.2, 0.25) is 0 Å². The van der Waals surface area contributed by atoms with Gasteiger partial charge in [0.25, 0.3) is 5.91 Å². The van der Waals surface area contributed by atoms with Crippen LogP contribution in [0.5, 0.6) is 0 Å². The Morgan fingerprint density at radius 2 is 2.05 bits per heavy atom. The van der Waals surface area contributed by atoms with E-state index >= 15 is 0 Å². The highest BCUT2D eigenvalue weighted by Crippen LogP contribution is 2.27. The van der Waals surface area contributed by atoms with E-state index in [0.717, 1.165) is 25.7 Å². The minimum Gasteiger partial charge on any atom is -0.322 e. The van der Waals surface area contributed by atoms with Crippen molar-refractivity contribution in [3.63, 3.8) is 0 Å². The number of amides is 1. The number of carbonyl (C=O) groups is 1. The number of rotatable bonds is 3. The fourth-order valence-electron chi connectivity index (χ4n) is 2.47. The monoisotopic (exact) mass is 296 g/mol. The first kappa shape index (κ1) is 14.2. The second kappa shape index (κ2) is 6.27. The van der Waals surface area contributed by atoms with Crippen molar-refractivity contribution in [2.75, 3.05) is 6.54 Å². The lowest BCUT2D eigenvalue weighted by atomic mass is 10.1. The van der Waals surface area contributed by atoms with Crippen molar-refractivity contribution in [2.24, 2.45) is 0 Å². The molecule has 19 heavy (non-hydrogen) atoms. The third-order valence-electron chi connectivity index (χ3n) is 3.43. The highest BCUT2D eigenvalue weighted by Gasteiger charge is 2.28. The molecule has 1 aromatic rings. The molecule has 1 fully saturated rings. The van der Waals surface area contributed by atoms with Crippen LogP contribution in [0.1, 0.15) is 36.0 Å². The first-order chi connectivity index (χ1) is 9.13. The van der Waals surface area contributed by atoms with Gasteiger partial charge in [0, 0.05) is 11.1 Å². The van der Waals surface area contributed by atoms with Gasteiger partial charge in [-0.05, 0) is 31.0 Å². The smallest absolute Gasteiger partial charge is 0.256 e. The Labute approximate surface area is 122 Å². The number of halogens is 2. The summed E-state index contributed by atoms with van der Waals surface area (Å²) in [6.45, 7) is 0.0896. The Hall–Kier alpha value is -1.24. The normalized spacial score (nSPS) is 15.2. The van der Waals surface area contributed by atoms with Crippen LogP contribution in [0, 0.1) is 11.3 Å². The summed E-state index contributed by atoms with van der Waals surface area (Å²) in [6.07, 6.45) is 4.10. The Morgan fingerprint density at radius 3 is 2.68 bits per heavy atom. The van der Waals surface area contributed by atoms with Crippen LogP contribution >= 0.6 is 23.2 Å². The van der Waals surface area contributed by atoms with Gasteiger partial charge in [0.15, 0.2) is 0 Å². The van der Waals surface area contributed by atoms with Crippen molar-refractivity contribution in [3.05, 3.63) is 33.8 Å². The van der Waals surface area contributed by atoms with Crippen LogP contribution < -0.4 is 0 Å². The molecule has 0 aromatic heterocycles. The number of carbonyl (C=O) groups excluding carboxylic acids is 1. The lowest BCUT2D eigenvalue weighted by molar-refractivity contribution is 0.0709. The zero-order chi connectivity index (χ0) is 13.8. The van der Waals surface area contributed by atoms with Crippen LogP contribution in [-0.4, -0.2) is 23.4 Å². The van der Waals surface area contributed by atoms with E-state index in [-0.39, 0.29) is 18.5 Å². The largest absolute Gasteiger partial charge is 0.322 e. The first-order valence-electron chi connectivity index (χ1n) is 6.26. The van der Waals surface area contributed by atoms with E-state index in [0.29, 0.717) is 15.6 Å².